The monoisotopic (exact) mass is 289 g/mol. The number of likely N-dealkylation sites (N-methyl/N-ethyl adjacent to an activating group) is 1. The molecule has 1 saturated heterocycles. The number of fused-ring (bicyclic) bond motifs is 1. The fourth-order valence-corrected chi connectivity index (χ4v) is 4.14. The van der Waals surface area contributed by atoms with Crippen molar-refractivity contribution in [1.82, 2.24) is 14.8 Å². The maximum Gasteiger partial charge on any atom is 0.263 e. The summed E-state index contributed by atoms with van der Waals surface area (Å²) in [6, 6.07) is 4.06. The molecule has 0 spiro atoms. The second-order valence-electron chi connectivity index (χ2n) is 5.65. The van der Waals surface area contributed by atoms with Crippen LogP contribution in [0.15, 0.2) is 18.3 Å². The summed E-state index contributed by atoms with van der Waals surface area (Å²) in [5.41, 5.74) is 1.21. The van der Waals surface area contributed by atoms with Gasteiger partial charge in [0, 0.05) is 38.1 Å². The number of rotatable bonds is 2. The Morgan fingerprint density at radius 2 is 2.30 bits per heavy atom. The number of carbonyl (C=O) groups is 1. The molecule has 0 radical (unpaired) electrons. The Balaban J connectivity index is 2.15. The quantitative estimate of drug-likeness (QED) is 0.852. The number of hydrogen-bond acceptors (Lipinski definition) is 4. The zero-order chi connectivity index (χ0) is 14.3. The summed E-state index contributed by atoms with van der Waals surface area (Å²) in [5, 5.41) is 1.16. The lowest BCUT2D eigenvalue weighted by molar-refractivity contribution is 0.0831. The topological polar surface area (TPSA) is 36.4 Å². The van der Waals surface area contributed by atoms with E-state index in [-0.39, 0.29) is 5.91 Å². The number of amides is 1. The van der Waals surface area contributed by atoms with Gasteiger partial charge in [-0.05, 0) is 31.6 Å². The Labute approximate surface area is 123 Å². The fourth-order valence-electron chi connectivity index (χ4n) is 2.89. The van der Waals surface area contributed by atoms with Crippen molar-refractivity contribution in [3.8, 4) is 0 Å². The predicted octanol–water partition coefficient (Wildman–Crippen LogP) is 2.42. The molecule has 2 aromatic rings. The molecule has 0 aliphatic carbocycles. The van der Waals surface area contributed by atoms with Crippen LogP contribution in [0.5, 0.6) is 0 Å². The zero-order valence-corrected chi connectivity index (χ0v) is 12.9. The van der Waals surface area contributed by atoms with Crippen LogP contribution in [0.25, 0.3) is 10.2 Å². The summed E-state index contributed by atoms with van der Waals surface area (Å²) in [4.78, 5) is 22.7. The van der Waals surface area contributed by atoms with E-state index in [1.807, 2.05) is 20.2 Å². The van der Waals surface area contributed by atoms with Crippen LogP contribution in [0, 0.1) is 0 Å². The lowest BCUT2D eigenvalue weighted by Crippen LogP contribution is -2.22. The SMILES string of the molecule is CN1CC[C@H](c2c(C(=O)N(C)C)sc3ncccc23)C1. The molecule has 0 N–H and O–H groups in total. The minimum absolute atomic E-state index is 0.0950. The van der Waals surface area contributed by atoms with Gasteiger partial charge in [-0.15, -0.1) is 11.3 Å². The highest BCUT2D eigenvalue weighted by Gasteiger charge is 2.30. The van der Waals surface area contributed by atoms with Crippen molar-refractivity contribution in [3.63, 3.8) is 0 Å². The molecule has 3 rings (SSSR count). The molecule has 0 saturated carbocycles. The molecule has 3 heterocycles. The molecular weight excluding hydrogens is 270 g/mol. The molecule has 2 aromatic heterocycles. The van der Waals surface area contributed by atoms with Crippen LogP contribution >= 0.6 is 11.3 Å². The number of thiophene rings is 1. The van der Waals surface area contributed by atoms with E-state index < -0.39 is 0 Å². The molecule has 0 aromatic carbocycles. The van der Waals surface area contributed by atoms with Gasteiger partial charge in [0.05, 0.1) is 4.88 Å². The fraction of sp³-hybridized carbons (Fsp3) is 0.467. The molecule has 4 nitrogen and oxygen atoms in total. The first-order chi connectivity index (χ1) is 9.58. The summed E-state index contributed by atoms with van der Waals surface area (Å²) < 4.78 is 0. The summed E-state index contributed by atoms with van der Waals surface area (Å²) >= 11 is 1.53. The summed E-state index contributed by atoms with van der Waals surface area (Å²) in [7, 11) is 5.76. The van der Waals surface area contributed by atoms with Crippen LogP contribution in [0.1, 0.15) is 27.6 Å². The Morgan fingerprint density at radius 1 is 1.50 bits per heavy atom. The van der Waals surface area contributed by atoms with Gasteiger partial charge in [-0.3, -0.25) is 4.79 Å². The molecule has 1 aliphatic rings. The average Bonchev–Trinajstić information content (AvgIpc) is 3.00. The van der Waals surface area contributed by atoms with Crippen LogP contribution in [0.3, 0.4) is 0 Å². The molecule has 1 atom stereocenters. The molecule has 0 bridgehead atoms. The molecule has 1 fully saturated rings. The molecule has 106 valence electrons. The molecular formula is C15H19N3OS. The van der Waals surface area contributed by atoms with E-state index in [9.17, 15) is 4.79 Å². The summed E-state index contributed by atoms with van der Waals surface area (Å²) in [6.45, 7) is 2.12. The molecule has 1 aliphatic heterocycles. The number of carbonyl (C=O) groups excluding carboxylic acids is 1. The average molecular weight is 289 g/mol. The van der Waals surface area contributed by atoms with E-state index >= 15 is 0 Å². The Bertz CT molecular complexity index is 650. The lowest BCUT2D eigenvalue weighted by Gasteiger charge is -2.15. The lowest BCUT2D eigenvalue weighted by atomic mass is 9.95. The standard InChI is InChI=1S/C15H19N3OS/c1-17(2)15(19)13-12(10-6-8-18(3)9-10)11-5-4-7-16-14(11)20-13/h4-5,7,10H,6,8-9H2,1-3H3/t10-/m0/s1. The normalized spacial score (nSPS) is 19.6. The van der Waals surface area contributed by atoms with E-state index in [4.69, 9.17) is 0 Å². The van der Waals surface area contributed by atoms with Crippen molar-refractivity contribution in [2.45, 2.75) is 12.3 Å². The second-order valence-corrected chi connectivity index (χ2v) is 6.65. The third-order valence-corrected chi connectivity index (χ3v) is 5.02. The van der Waals surface area contributed by atoms with Crippen LogP contribution < -0.4 is 0 Å². The van der Waals surface area contributed by atoms with Gasteiger partial charge in [0.25, 0.3) is 5.91 Å². The first kappa shape index (κ1) is 13.5. The van der Waals surface area contributed by atoms with Gasteiger partial charge < -0.3 is 9.80 Å². The maximum absolute atomic E-state index is 12.5. The Kier molecular flexibility index (Phi) is 3.48. The van der Waals surface area contributed by atoms with Gasteiger partial charge >= 0.3 is 0 Å². The second kappa shape index (κ2) is 5.14. The minimum Gasteiger partial charge on any atom is -0.344 e. The van der Waals surface area contributed by atoms with E-state index in [0.717, 1.165) is 34.6 Å². The van der Waals surface area contributed by atoms with Gasteiger partial charge in [-0.25, -0.2) is 4.98 Å². The van der Waals surface area contributed by atoms with Crippen molar-refractivity contribution < 1.29 is 4.79 Å². The van der Waals surface area contributed by atoms with E-state index in [2.05, 4.69) is 23.0 Å². The first-order valence-corrected chi connectivity index (χ1v) is 7.67. The summed E-state index contributed by atoms with van der Waals surface area (Å²) in [5.74, 6) is 0.536. The van der Waals surface area contributed by atoms with Gasteiger partial charge in [-0.1, -0.05) is 6.07 Å². The maximum atomic E-state index is 12.5. The Morgan fingerprint density at radius 3 is 2.95 bits per heavy atom. The number of aromatic nitrogens is 1. The third-order valence-electron chi connectivity index (χ3n) is 3.90. The van der Waals surface area contributed by atoms with Gasteiger partial charge in [-0.2, -0.15) is 0 Å². The van der Waals surface area contributed by atoms with Crippen LogP contribution in [0.2, 0.25) is 0 Å². The van der Waals surface area contributed by atoms with Crippen molar-refractivity contribution in [2.24, 2.45) is 0 Å². The zero-order valence-electron chi connectivity index (χ0n) is 12.1. The molecule has 20 heavy (non-hydrogen) atoms. The first-order valence-electron chi connectivity index (χ1n) is 6.85. The van der Waals surface area contributed by atoms with E-state index in [1.54, 1.807) is 11.1 Å². The van der Waals surface area contributed by atoms with Crippen molar-refractivity contribution in [1.29, 1.82) is 0 Å². The highest BCUT2D eigenvalue weighted by molar-refractivity contribution is 7.20. The van der Waals surface area contributed by atoms with Crippen molar-refractivity contribution in [3.05, 3.63) is 28.8 Å². The van der Waals surface area contributed by atoms with Crippen LogP contribution in [-0.2, 0) is 0 Å². The van der Waals surface area contributed by atoms with Crippen molar-refractivity contribution >= 4 is 27.5 Å². The largest absolute Gasteiger partial charge is 0.344 e. The molecule has 1 amide bonds. The van der Waals surface area contributed by atoms with Gasteiger partial charge in [0.1, 0.15) is 4.83 Å². The van der Waals surface area contributed by atoms with Crippen LogP contribution in [-0.4, -0.2) is 54.9 Å². The van der Waals surface area contributed by atoms with Crippen molar-refractivity contribution in [2.75, 3.05) is 34.2 Å². The number of likely N-dealkylation sites (tertiary alicyclic amines) is 1. The number of hydrogen-bond donors (Lipinski definition) is 0. The summed E-state index contributed by atoms with van der Waals surface area (Å²) in [6.07, 6.45) is 2.91. The van der Waals surface area contributed by atoms with Gasteiger partial charge in [0.2, 0.25) is 0 Å². The highest BCUT2D eigenvalue weighted by atomic mass is 32.1. The smallest absolute Gasteiger partial charge is 0.263 e. The predicted molar refractivity (Wildman–Crippen MR) is 82.5 cm³/mol. The van der Waals surface area contributed by atoms with Crippen LogP contribution in [0.4, 0.5) is 0 Å². The number of nitrogens with zero attached hydrogens (tertiary/aromatic N) is 3. The van der Waals surface area contributed by atoms with E-state index in [0.29, 0.717) is 5.92 Å². The highest BCUT2D eigenvalue weighted by Crippen LogP contribution is 2.39. The van der Waals surface area contributed by atoms with Gasteiger partial charge in [0.15, 0.2) is 0 Å². The minimum atomic E-state index is 0.0950. The number of pyridine rings is 1. The van der Waals surface area contributed by atoms with E-state index in [1.165, 1.54) is 16.9 Å². The molecule has 5 heteroatoms. The third kappa shape index (κ3) is 2.21. The Hall–Kier alpha value is -1.46. The molecule has 0 unspecified atom stereocenters.